The van der Waals surface area contributed by atoms with E-state index in [2.05, 4.69) is 10.6 Å². The number of halogens is 1. The maximum absolute atomic E-state index is 13.7. The van der Waals surface area contributed by atoms with E-state index >= 15 is 0 Å². The third-order valence-electron chi connectivity index (χ3n) is 3.55. The van der Waals surface area contributed by atoms with Gasteiger partial charge in [0.25, 0.3) is 0 Å². The van der Waals surface area contributed by atoms with Crippen molar-refractivity contribution in [2.24, 2.45) is 11.7 Å². The largest absolute Gasteiger partial charge is 0.366 e. The fourth-order valence-electron chi connectivity index (χ4n) is 2.26. The molecule has 20 heavy (non-hydrogen) atoms. The van der Waals surface area contributed by atoms with E-state index in [9.17, 15) is 14.0 Å². The molecule has 0 aliphatic carbocycles. The number of hydrogen-bond donors (Lipinski definition) is 3. The van der Waals surface area contributed by atoms with Crippen LogP contribution in [0.2, 0.25) is 0 Å². The van der Waals surface area contributed by atoms with Gasteiger partial charge in [0.15, 0.2) is 0 Å². The minimum Gasteiger partial charge on any atom is -0.366 e. The molecule has 1 heterocycles. The SMILES string of the molecule is Cc1c(F)cc(C(N)=O)cc1NC(=O)[C@@H]1CCCNC1. The van der Waals surface area contributed by atoms with Crippen molar-refractivity contribution in [1.29, 1.82) is 0 Å². The Morgan fingerprint density at radius 3 is 2.80 bits per heavy atom. The molecule has 1 aromatic rings. The predicted octanol–water partition coefficient (Wildman–Crippen LogP) is 1.17. The average molecular weight is 279 g/mol. The minimum absolute atomic E-state index is 0.0465. The summed E-state index contributed by atoms with van der Waals surface area (Å²) in [5.41, 5.74) is 5.79. The van der Waals surface area contributed by atoms with Crippen LogP contribution in [-0.4, -0.2) is 24.9 Å². The van der Waals surface area contributed by atoms with Crippen LogP contribution in [0.5, 0.6) is 0 Å². The molecule has 2 rings (SSSR count). The zero-order valence-electron chi connectivity index (χ0n) is 11.3. The van der Waals surface area contributed by atoms with Gasteiger partial charge in [-0.05, 0) is 38.4 Å². The molecule has 6 heteroatoms. The lowest BCUT2D eigenvalue weighted by molar-refractivity contribution is -0.120. The molecule has 1 saturated heterocycles. The summed E-state index contributed by atoms with van der Waals surface area (Å²) in [4.78, 5) is 23.3. The van der Waals surface area contributed by atoms with Gasteiger partial charge in [0.05, 0.1) is 5.92 Å². The molecule has 1 aromatic carbocycles. The van der Waals surface area contributed by atoms with Crippen molar-refractivity contribution >= 4 is 17.5 Å². The van der Waals surface area contributed by atoms with Crippen molar-refractivity contribution < 1.29 is 14.0 Å². The number of amides is 2. The van der Waals surface area contributed by atoms with E-state index < -0.39 is 11.7 Å². The van der Waals surface area contributed by atoms with Crippen LogP contribution >= 0.6 is 0 Å². The Balaban J connectivity index is 2.19. The molecule has 1 fully saturated rings. The van der Waals surface area contributed by atoms with Gasteiger partial charge in [-0.15, -0.1) is 0 Å². The molecule has 0 spiro atoms. The second-order valence-corrected chi connectivity index (χ2v) is 5.03. The Morgan fingerprint density at radius 2 is 2.20 bits per heavy atom. The number of primary amides is 1. The number of rotatable bonds is 3. The number of piperidine rings is 1. The molecule has 108 valence electrons. The molecule has 0 aromatic heterocycles. The highest BCUT2D eigenvalue weighted by molar-refractivity contribution is 5.97. The molecule has 1 aliphatic rings. The first-order chi connectivity index (χ1) is 9.49. The topological polar surface area (TPSA) is 84.2 Å². The molecule has 1 atom stereocenters. The van der Waals surface area contributed by atoms with Crippen LogP contribution in [0.3, 0.4) is 0 Å². The smallest absolute Gasteiger partial charge is 0.248 e. The van der Waals surface area contributed by atoms with Crippen LogP contribution in [0.1, 0.15) is 28.8 Å². The van der Waals surface area contributed by atoms with Gasteiger partial charge in [-0.3, -0.25) is 9.59 Å². The van der Waals surface area contributed by atoms with Gasteiger partial charge in [0.1, 0.15) is 5.82 Å². The monoisotopic (exact) mass is 279 g/mol. The molecule has 0 radical (unpaired) electrons. The number of nitrogens with two attached hydrogens (primary N) is 1. The summed E-state index contributed by atoms with van der Waals surface area (Å²) in [5.74, 6) is -1.58. The van der Waals surface area contributed by atoms with Crippen LogP contribution in [0.4, 0.5) is 10.1 Å². The van der Waals surface area contributed by atoms with E-state index in [0.29, 0.717) is 17.8 Å². The van der Waals surface area contributed by atoms with Gasteiger partial charge in [-0.25, -0.2) is 4.39 Å². The molecule has 0 saturated carbocycles. The van der Waals surface area contributed by atoms with Gasteiger partial charge in [-0.1, -0.05) is 0 Å². The van der Waals surface area contributed by atoms with E-state index in [1.54, 1.807) is 6.92 Å². The van der Waals surface area contributed by atoms with Crippen LogP contribution in [-0.2, 0) is 4.79 Å². The summed E-state index contributed by atoms with van der Waals surface area (Å²) in [6, 6.07) is 2.49. The molecule has 4 N–H and O–H groups in total. The normalized spacial score (nSPS) is 18.6. The fraction of sp³-hybridized carbons (Fsp3) is 0.429. The van der Waals surface area contributed by atoms with Gasteiger partial charge in [-0.2, -0.15) is 0 Å². The first kappa shape index (κ1) is 14.5. The molecular weight excluding hydrogens is 261 g/mol. The van der Waals surface area contributed by atoms with Gasteiger partial charge in [0, 0.05) is 23.4 Å². The van der Waals surface area contributed by atoms with Crippen LogP contribution in [0.15, 0.2) is 12.1 Å². The van der Waals surface area contributed by atoms with Crippen LogP contribution in [0, 0.1) is 18.7 Å². The molecular formula is C14H18FN3O2. The summed E-state index contributed by atoms with van der Waals surface area (Å²) in [5, 5.41) is 5.84. The summed E-state index contributed by atoms with van der Waals surface area (Å²) < 4.78 is 13.7. The fourth-order valence-corrected chi connectivity index (χ4v) is 2.26. The Hall–Kier alpha value is -1.95. The van der Waals surface area contributed by atoms with Gasteiger partial charge < -0.3 is 16.4 Å². The molecule has 5 nitrogen and oxygen atoms in total. The summed E-state index contributed by atoms with van der Waals surface area (Å²) in [6.45, 7) is 3.08. The Bertz CT molecular complexity index is 539. The third-order valence-corrected chi connectivity index (χ3v) is 3.55. The van der Waals surface area contributed by atoms with Crippen molar-refractivity contribution in [3.8, 4) is 0 Å². The molecule has 0 unspecified atom stereocenters. The quantitative estimate of drug-likeness (QED) is 0.776. The number of carbonyl (C=O) groups excluding carboxylic acids is 2. The van der Waals surface area contributed by atoms with Gasteiger partial charge >= 0.3 is 0 Å². The maximum atomic E-state index is 13.7. The van der Waals surface area contributed by atoms with E-state index in [0.717, 1.165) is 25.5 Å². The molecule has 0 bridgehead atoms. The van der Waals surface area contributed by atoms with Crippen molar-refractivity contribution in [1.82, 2.24) is 5.32 Å². The highest BCUT2D eigenvalue weighted by Crippen LogP contribution is 2.22. The Labute approximate surface area is 116 Å². The molecule has 1 aliphatic heterocycles. The highest BCUT2D eigenvalue weighted by Gasteiger charge is 2.22. The first-order valence-electron chi connectivity index (χ1n) is 6.60. The van der Waals surface area contributed by atoms with Crippen molar-refractivity contribution in [3.05, 3.63) is 29.1 Å². The summed E-state index contributed by atoms with van der Waals surface area (Å²) in [6.07, 6.45) is 1.74. The highest BCUT2D eigenvalue weighted by atomic mass is 19.1. The number of benzene rings is 1. The lowest BCUT2D eigenvalue weighted by Gasteiger charge is -2.22. The van der Waals surface area contributed by atoms with E-state index in [-0.39, 0.29) is 17.4 Å². The Kier molecular flexibility index (Phi) is 4.34. The third kappa shape index (κ3) is 3.14. The van der Waals surface area contributed by atoms with Crippen molar-refractivity contribution in [2.75, 3.05) is 18.4 Å². The van der Waals surface area contributed by atoms with E-state index in [4.69, 9.17) is 5.73 Å². The Morgan fingerprint density at radius 1 is 1.45 bits per heavy atom. The first-order valence-corrected chi connectivity index (χ1v) is 6.60. The minimum atomic E-state index is -0.723. The summed E-state index contributed by atoms with van der Waals surface area (Å²) in [7, 11) is 0. The second kappa shape index (κ2) is 6.00. The van der Waals surface area contributed by atoms with Crippen molar-refractivity contribution in [3.63, 3.8) is 0 Å². The summed E-state index contributed by atoms with van der Waals surface area (Å²) >= 11 is 0. The molecule has 2 amide bonds. The number of carbonyl (C=O) groups is 2. The van der Waals surface area contributed by atoms with Crippen molar-refractivity contribution in [2.45, 2.75) is 19.8 Å². The lowest BCUT2D eigenvalue weighted by Crippen LogP contribution is -2.37. The standard InChI is InChI=1S/C14H18FN3O2/c1-8-11(15)5-10(13(16)19)6-12(8)18-14(20)9-3-2-4-17-7-9/h5-6,9,17H,2-4,7H2,1H3,(H2,16,19)(H,18,20)/t9-/m1/s1. The number of nitrogens with one attached hydrogen (secondary N) is 2. The van der Waals surface area contributed by atoms with E-state index in [1.165, 1.54) is 6.07 Å². The predicted molar refractivity (Wildman–Crippen MR) is 73.9 cm³/mol. The van der Waals surface area contributed by atoms with Crippen LogP contribution < -0.4 is 16.4 Å². The average Bonchev–Trinajstić information content (AvgIpc) is 2.44. The second-order valence-electron chi connectivity index (χ2n) is 5.03. The number of hydrogen-bond acceptors (Lipinski definition) is 3. The zero-order valence-corrected chi connectivity index (χ0v) is 11.3. The van der Waals surface area contributed by atoms with Gasteiger partial charge in [0.2, 0.25) is 11.8 Å². The lowest BCUT2D eigenvalue weighted by atomic mass is 9.98. The van der Waals surface area contributed by atoms with E-state index in [1.807, 2.05) is 0 Å². The maximum Gasteiger partial charge on any atom is 0.248 e. The van der Waals surface area contributed by atoms with Crippen LogP contribution in [0.25, 0.3) is 0 Å². The number of anilines is 1. The zero-order chi connectivity index (χ0) is 14.7.